The first-order valence-corrected chi connectivity index (χ1v) is 9.38. The molecule has 1 aliphatic rings. The molecule has 2 unspecified atom stereocenters. The highest BCUT2D eigenvalue weighted by Gasteiger charge is 2.17. The molecule has 26 heavy (non-hydrogen) atoms. The Kier molecular flexibility index (Phi) is 6.30. The lowest BCUT2D eigenvalue weighted by atomic mass is 10.1. The molecule has 2 atom stereocenters. The van der Waals surface area contributed by atoms with Gasteiger partial charge in [-0.05, 0) is 49.2 Å². The maximum Gasteiger partial charge on any atom is 0.251 e. The maximum absolute atomic E-state index is 12.5. The summed E-state index contributed by atoms with van der Waals surface area (Å²) in [6, 6.07) is 15.3. The van der Waals surface area contributed by atoms with Gasteiger partial charge in [-0.1, -0.05) is 35.9 Å². The molecule has 0 saturated carbocycles. The van der Waals surface area contributed by atoms with Crippen LogP contribution >= 0.6 is 11.6 Å². The van der Waals surface area contributed by atoms with Crippen LogP contribution in [0, 0.1) is 0 Å². The topological polar surface area (TPSA) is 41.6 Å². The van der Waals surface area contributed by atoms with E-state index in [9.17, 15) is 4.79 Å². The number of nitrogens with one attached hydrogen (secondary N) is 1. The quantitative estimate of drug-likeness (QED) is 0.860. The molecule has 138 valence electrons. The second kappa shape index (κ2) is 8.67. The molecule has 2 aromatic carbocycles. The molecule has 1 N–H and O–H groups in total. The van der Waals surface area contributed by atoms with Crippen molar-refractivity contribution in [3.63, 3.8) is 0 Å². The van der Waals surface area contributed by atoms with E-state index in [1.165, 1.54) is 5.56 Å². The Labute approximate surface area is 160 Å². The van der Waals surface area contributed by atoms with Crippen molar-refractivity contribution in [1.29, 1.82) is 0 Å². The highest BCUT2D eigenvalue weighted by atomic mass is 35.5. The minimum atomic E-state index is -0.101. The van der Waals surface area contributed by atoms with E-state index in [1.54, 1.807) is 0 Å². The number of halogens is 1. The number of benzene rings is 2. The highest BCUT2D eigenvalue weighted by molar-refractivity contribution is 6.30. The third-order valence-corrected chi connectivity index (χ3v) is 4.88. The van der Waals surface area contributed by atoms with Crippen molar-refractivity contribution >= 4 is 17.5 Å². The molecule has 2 aromatic rings. The van der Waals surface area contributed by atoms with Gasteiger partial charge in [0.15, 0.2) is 0 Å². The number of carbonyl (C=O) groups excluding carboxylic acids is 1. The van der Waals surface area contributed by atoms with Crippen molar-refractivity contribution in [3.8, 4) is 0 Å². The first-order chi connectivity index (χ1) is 12.5. The van der Waals surface area contributed by atoms with Crippen LogP contribution in [0.15, 0.2) is 48.5 Å². The van der Waals surface area contributed by atoms with Crippen LogP contribution < -0.4 is 5.32 Å². The molecule has 0 bridgehead atoms. The molecule has 5 heteroatoms. The Hall–Kier alpha value is -1.88. The molecular weight excluding hydrogens is 348 g/mol. The summed E-state index contributed by atoms with van der Waals surface area (Å²) >= 11 is 6.02. The number of nitrogens with zero attached hydrogens (tertiary/aromatic N) is 1. The molecule has 0 aromatic heterocycles. The molecular formula is C21H25ClN2O2. The average Bonchev–Trinajstić information content (AvgIpc) is 2.62. The first-order valence-electron chi connectivity index (χ1n) is 9.00. The summed E-state index contributed by atoms with van der Waals surface area (Å²) in [5, 5.41) is 3.69. The van der Waals surface area contributed by atoms with E-state index in [0.29, 0.717) is 10.6 Å². The summed E-state index contributed by atoms with van der Waals surface area (Å²) in [6.45, 7) is 7.61. The van der Waals surface area contributed by atoms with Gasteiger partial charge >= 0.3 is 0 Å². The molecule has 0 spiro atoms. The van der Waals surface area contributed by atoms with Gasteiger partial charge in [-0.15, -0.1) is 0 Å². The van der Waals surface area contributed by atoms with Crippen LogP contribution in [0.4, 0.5) is 0 Å². The monoisotopic (exact) mass is 372 g/mol. The van der Waals surface area contributed by atoms with Gasteiger partial charge in [0.1, 0.15) is 0 Å². The summed E-state index contributed by atoms with van der Waals surface area (Å²) in [5.74, 6) is -0.0796. The van der Waals surface area contributed by atoms with Gasteiger partial charge in [0.2, 0.25) is 0 Å². The zero-order valence-electron chi connectivity index (χ0n) is 15.2. The van der Waals surface area contributed by atoms with Crippen LogP contribution in [-0.2, 0) is 11.3 Å². The smallest absolute Gasteiger partial charge is 0.251 e. The summed E-state index contributed by atoms with van der Waals surface area (Å²) in [6.07, 6.45) is 0.279. The third kappa shape index (κ3) is 5.07. The fourth-order valence-electron chi connectivity index (χ4n) is 3.19. The van der Waals surface area contributed by atoms with E-state index >= 15 is 0 Å². The lowest BCUT2D eigenvalue weighted by Crippen LogP contribution is -2.40. The normalized spacial score (nSPS) is 19.1. The van der Waals surface area contributed by atoms with Crippen LogP contribution in [0.25, 0.3) is 0 Å². The Morgan fingerprint density at radius 1 is 1.31 bits per heavy atom. The zero-order valence-corrected chi connectivity index (χ0v) is 16.0. The van der Waals surface area contributed by atoms with Crippen molar-refractivity contribution < 1.29 is 9.53 Å². The Balaban J connectivity index is 1.58. The minimum Gasteiger partial charge on any atom is -0.376 e. The van der Waals surface area contributed by atoms with Gasteiger partial charge < -0.3 is 10.1 Å². The highest BCUT2D eigenvalue weighted by Crippen LogP contribution is 2.18. The van der Waals surface area contributed by atoms with Crippen molar-refractivity contribution in [1.82, 2.24) is 10.2 Å². The molecule has 1 amide bonds. The third-order valence-electron chi connectivity index (χ3n) is 4.64. The standard InChI is InChI=1S/C21H25ClN2O2/c1-15-13-24(10-11-26-15)14-17-6-8-18(9-7-17)21(25)23-16(2)19-4-3-5-20(22)12-19/h3-9,12,15-16H,10-11,13-14H2,1-2H3,(H,23,25). The Bertz CT molecular complexity index is 748. The number of hydrogen-bond donors (Lipinski definition) is 1. The van der Waals surface area contributed by atoms with E-state index < -0.39 is 0 Å². The van der Waals surface area contributed by atoms with Gasteiger partial charge in [0, 0.05) is 30.2 Å². The number of rotatable bonds is 5. The molecule has 3 rings (SSSR count). The second-order valence-electron chi connectivity index (χ2n) is 6.86. The number of amides is 1. The van der Waals surface area contributed by atoms with Crippen LogP contribution in [0.1, 0.15) is 41.4 Å². The molecule has 0 radical (unpaired) electrons. The lowest BCUT2D eigenvalue weighted by Gasteiger charge is -2.31. The summed E-state index contributed by atoms with van der Waals surface area (Å²) in [7, 11) is 0. The average molecular weight is 373 g/mol. The first kappa shape index (κ1) is 18.9. The van der Waals surface area contributed by atoms with Crippen molar-refractivity contribution in [2.45, 2.75) is 32.5 Å². The number of ether oxygens (including phenoxy) is 1. The van der Waals surface area contributed by atoms with Gasteiger partial charge in [-0.2, -0.15) is 0 Å². The van der Waals surface area contributed by atoms with Gasteiger partial charge in [0.25, 0.3) is 5.91 Å². The zero-order chi connectivity index (χ0) is 18.5. The molecule has 1 saturated heterocycles. The number of hydrogen-bond acceptors (Lipinski definition) is 3. The lowest BCUT2D eigenvalue weighted by molar-refractivity contribution is -0.0212. The SMILES string of the molecule is CC1CN(Cc2ccc(C(=O)NC(C)c3cccc(Cl)c3)cc2)CCO1. The van der Waals surface area contributed by atoms with Crippen LogP contribution in [-0.4, -0.2) is 36.6 Å². The molecule has 1 fully saturated rings. The predicted molar refractivity (Wildman–Crippen MR) is 104 cm³/mol. The van der Waals surface area contributed by atoms with E-state index in [-0.39, 0.29) is 18.1 Å². The van der Waals surface area contributed by atoms with E-state index in [1.807, 2.05) is 55.5 Å². The van der Waals surface area contributed by atoms with Crippen molar-refractivity contribution in [2.24, 2.45) is 0 Å². The van der Waals surface area contributed by atoms with Gasteiger partial charge in [0.05, 0.1) is 18.8 Å². The Morgan fingerprint density at radius 3 is 2.77 bits per heavy atom. The van der Waals surface area contributed by atoms with Crippen molar-refractivity contribution in [3.05, 3.63) is 70.2 Å². The van der Waals surface area contributed by atoms with E-state index in [4.69, 9.17) is 16.3 Å². The van der Waals surface area contributed by atoms with Gasteiger partial charge in [-0.25, -0.2) is 0 Å². The summed E-state index contributed by atoms with van der Waals surface area (Å²) in [4.78, 5) is 14.9. The molecule has 0 aliphatic carbocycles. The molecule has 4 nitrogen and oxygen atoms in total. The minimum absolute atomic E-state index is 0.0796. The van der Waals surface area contributed by atoms with Crippen molar-refractivity contribution in [2.75, 3.05) is 19.7 Å². The van der Waals surface area contributed by atoms with E-state index in [2.05, 4.69) is 17.1 Å². The second-order valence-corrected chi connectivity index (χ2v) is 7.30. The molecule has 1 heterocycles. The number of carbonyl (C=O) groups is 1. The van der Waals surface area contributed by atoms with E-state index in [0.717, 1.165) is 31.8 Å². The predicted octanol–water partition coefficient (Wildman–Crippen LogP) is 4.05. The van der Waals surface area contributed by atoms with Crippen LogP contribution in [0.2, 0.25) is 5.02 Å². The fraction of sp³-hybridized carbons (Fsp3) is 0.381. The largest absolute Gasteiger partial charge is 0.376 e. The molecule has 1 aliphatic heterocycles. The van der Waals surface area contributed by atoms with Crippen LogP contribution in [0.5, 0.6) is 0 Å². The van der Waals surface area contributed by atoms with Gasteiger partial charge in [-0.3, -0.25) is 9.69 Å². The summed E-state index contributed by atoms with van der Waals surface area (Å²) in [5.41, 5.74) is 2.86. The maximum atomic E-state index is 12.5. The van der Waals surface area contributed by atoms with Crippen LogP contribution in [0.3, 0.4) is 0 Å². The fourth-order valence-corrected chi connectivity index (χ4v) is 3.39. The Morgan fingerprint density at radius 2 is 2.08 bits per heavy atom. The number of morpholine rings is 1. The summed E-state index contributed by atoms with van der Waals surface area (Å²) < 4.78 is 5.57.